The quantitative estimate of drug-likeness (QED) is 0.673. The van der Waals surface area contributed by atoms with Crippen molar-refractivity contribution in [1.29, 1.82) is 0 Å². The number of rotatable bonds is 3. The van der Waals surface area contributed by atoms with E-state index in [-0.39, 0.29) is 26.9 Å². The number of hydrogen-bond donors (Lipinski definition) is 1. The van der Waals surface area contributed by atoms with E-state index in [4.69, 9.17) is 5.73 Å². The third-order valence-corrected chi connectivity index (χ3v) is 3.05. The van der Waals surface area contributed by atoms with E-state index < -0.39 is 12.4 Å². The first-order chi connectivity index (χ1) is 7.52. The van der Waals surface area contributed by atoms with E-state index in [2.05, 4.69) is 9.72 Å². The number of aromatic nitrogens is 1. The smallest absolute Gasteiger partial charge is 0.357 e. The van der Waals surface area contributed by atoms with E-state index in [9.17, 15) is 13.6 Å². The molecule has 4 nitrogen and oxygen atoms in total. The van der Waals surface area contributed by atoms with Gasteiger partial charge in [-0.1, -0.05) is 0 Å². The largest absolute Gasteiger partial charge is 0.464 e. The van der Waals surface area contributed by atoms with Crippen LogP contribution in [0.15, 0.2) is 6.20 Å². The van der Waals surface area contributed by atoms with E-state index in [1.807, 2.05) is 0 Å². The van der Waals surface area contributed by atoms with Crippen LogP contribution in [0.4, 0.5) is 8.78 Å². The topological polar surface area (TPSA) is 65.2 Å². The van der Waals surface area contributed by atoms with Gasteiger partial charge in [-0.05, 0) is 28.2 Å². The lowest BCUT2D eigenvalue weighted by Gasteiger charge is -2.11. The molecule has 0 bridgehead atoms. The van der Waals surface area contributed by atoms with Gasteiger partial charge >= 0.3 is 5.97 Å². The van der Waals surface area contributed by atoms with Crippen molar-refractivity contribution in [2.45, 2.75) is 13.0 Å². The Kier molecular flexibility index (Phi) is 4.54. The maximum atomic E-state index is 12.8. The van der Waals surface area contributed by atoms with Crippen LogP contribution in [-0.4, -0.2) is 18.1 Å². The molecular weight excluding hydrogens is 333 g/mol. The van der Waals surface area contributed by atoms with Gasteiger partial charge in [0, 0.05) is 18.3 Å². The van der Waals surface area contributed by atoms with E-state index in [0.29, 0.717) is 0 Å². The predicted molar refractivity (Wildman–Crippen MR) is 61.1 cm³/mol. The molecular formula is C9H9F2IN2O2. The minimum absolute atomic E-state index is 0.0515. The second-order valence-corrected chi connectivity index (χ2v) is 3.93. The molecule has 0 radical (unpaired) electrons. The molecule has 88 valence electrons. The minimum atomic E-state index is -2.70. The molecule has 0 saturated heterocycles. The van der Waals surface area contributed by atoms with Crippen LogP contribution in [0.25, 0.3) is 0 Å². The molecule has 0 aliphatic carbocycles. The van der Waals surface area contributed by atoms with Crippen LogP contribution in [0.3, 0.4) is 0 Å². The van der Waals surface area contributed by atoms with Crippen molar-refractivity contribution in [3.05, 3.63) is 26.6 Å². The molecule has 0 atom stereocenters. The van der Waals surface area contributed by atoms with Crippen molar-refractivity contribution in [2.75, 3.05) is 7.11 Å². The Labute approximate surface area is 104 Å². The SMILES string of the molecule is COC(=O)c1ncc(CN)c(C(F)F)c1I. The van der Waals surface area contributed by atoms with Gasteiger partial charge < -0.3 is 10.5 Å². The second-order valence-electron chi connectivity index (χ2n) is 2.86. The highest BCUT2D eigenvalue weighted by molar-refractivity contribution is 14.1. The number of esters is 1. The van der Waals surface area contributed by atoms with Crippen molar-refractivity contribution in [1.82, 2.24) is 4.98 Å². The zero-order valence-electron chi connectivity index (χ0n) is 8.34. The molecule has 0 aliphatic heterocycles. The fourth-order valence-electron chi connectivity index (χ4n) is 1.17. The molecule has 1 rings (SSSR count). The van der Waals surface area contributed by atoms with Crippen LogP contribution in [0.5, 0.6) is 0 Å². The number of hydrogen-bond acceptors (Lipinski definition) is 4. The molecule has 0 spiro atoms. The van der Waals surface area contributed by atoms with E-state index in [0.717, 1.165) is 0 Å². The lowest BCUT2D eigenvalue weighted by atomic mass is 10.1. The number of carbonyl (C=O) groups excluding carboxylic acids is 1. The highest BCUT2D eigenvalue weighted by Gasteiger charge is 2.23. The summed E-state index contributed by atoms with van der Waals surface area (Å²) in [4.78, 5) is 15.0. The number of nitrogens with zero attached hydrogens (tertiary/aromatic N) is 1. The van der Waals surface area contributed by atoms with Crippen LogP contribution in [0.2, 0.25) is 0 Å². The molecule has 1 aromatic rings. The Morgan fingerprint density at radius 2 is 2.31 bits per heavy atom. The van der Waals surface area contributed by atoms with Gasteiger partial charge in [-0.3, -0.25) is 0 Å². The summed E-state index contributed by atoms with van der Waals surface area (Å²) in [6, 6.07) is 0. The zero-order chi connectivity index (χ0) is 12.3. The Morgan fingerprint density at radius 1 is 1.69 bits per heavy atom. The minimum Gasteiger partial charge on any atom is -0.464 e. The third-order valence-electron chi connectivity index (χ3n) is 1.96. The first-order valence-corrected chi connectivity index (χ1v) is 5.34. The lowest BCUT2D eigenvalue weighted by Crippen LogP contribution is -2.13. The molecule has 0 saturated carbocycles. The number of carbonyl (C=O) groups is 1. The fraction of sp³-hybridized carbons (Fsp3) is 0.333. The summed E-state index contributed by atoms with van der Waals surface area (Å²) in [5.74, 6) is -0.741. The van der Waals surface area contributed by atoms with Gasteiger partial charge in [0.25, 0.3) is 6.43 Å². The predicted octanol–water partition coefficient (Wildman–Crippen LogP) is 1.87. The summed E-state index contributed by atoms with van der Waals surface area (Å²) in [5.41, 5.74) is 5.19. The van der Waals surface area contributed by atoms with Gasteiger partial charge in [-0.25, -0.2) is 18.6 Å². The maximum absolute atomic E-state index is 12.8. The second kappa shape index (κ2) is 5.48. The standard InChI is InChI=1S/C9H9F2IN2O2/c1-16-9(15)7-6(12)5(8(10)11)4(2-13)3-14-7/h3,8H,2,13H2,1H3. The summed E-state index contributed by atoms with van der Waals surface area (Å²) in [6.07, 6.45) is -1.52. The molecule has 1 aromatic heterocycles. The Hall–Kier alpha value is -0.830. The first-order valence-electron chi connectivity index (χ1n) is 4.26. The maximum Gasteiger partial charge on any atom is 0.357 e. The zero-order valence-corrected chi connectivity index (χ0v) is 10.5. The number of ether oxygens (including phenoxy) is 1. The van der Waals surface area contributed by atoms with Gasteiger partial charge in [0.15, 0.2) is 5.69 Å². The van der Waals surface area contributed by atoms with Crippen LogP contribution in [0, 0.1) is 3.57 Å². The molecule has 1 heterocycles. The van der Waals surface area contributed by atoms with Crippen LogP contribution < -0.4 is 5.73 Å². The number of halogens is 3. The monoisotopic (exact) mass is 342 g/mol. The molecule has 16 heavy (non-hydrogen) atoms. The normalized spacial score (nSPS) is 10.6. The molecule has 2 N–H and O–H groups in total. The van der Waals surface area contributed by atoms with Crippen molar-refractivity contribution < 1.29 is 18.3 Å². The van der Waals surface area contributed by atoms with E-state index in [1.165, 1.54) is 13.3 Å². The highest BCUT2D eigenvalue weighted by atomic mass is 127. The van der Waals surface area contributed by atoms with E-state index >= 15 is 0 Å². The van der Waals surface area contributed by atoms with Gasteiger partial charge in [-0.2, -0.15) is 0 Å². The van der Waals surface area contributed by atoms with Crippen molar-refractivity contribution in [2.24, 2.45) is 5.73 Å². The molecule has 0 aliphatic rings. The average Bonchev–Trinajstić information content (AvgIpc) is 2.26. The van der Waals surface area contributed by atoms with Crippen molar-refractivity contribution in [3.63, 3.8) is 0 Å². The summed E-state index contributed by atoms with van der Waals surface area (Å²) in [7, 11) is 1.17. The summed E-state index contributed by atoms with van der Waals surface area (Å²) < 4.78 is 30.1. The average molecular weight is 342 g/mol. The van der Waals surface area contributed by atoms with Crippen LogP contribution >= 0.6 is 22.6 Å². The Morgan fingerprint density at radius 3 is 2.75 bits per heavy atom. The molecule has 0 amide bonds. The van der Waals surface area contributed by atoms with Gasteiger partial charge in [-0.15, -0.1) is 0 Å². The van der Waals surface area contributed by atoms with Crippen molar-refractivity contribution in [3.8, 4) is 0 Å². The third kappa shape index (κ3) is 2.46. The van der Waals surface area contributed by atoms with Gasteiger partial charge in [0.2, 0.25) is 0 Å². The van der Waals surface area contributed by atoms with Crippen LogP contribution in [-0.2, 0) is 11.3 Å². The number of methoxy groups -OCH3 is 1. The lowest BCUT2D eigenvalue weighted by molar-refractivity contribution is 0.0592. The first kappa shape index (κ1) is 13.2. The molecule has 0 unspecified atom stereocenters. The summed E-state index contributed by atoms with van der Waals surface area (Å²) in [5, 5.41) is 0. The Balaban J connectivity index is 3.37. The number of alkyl halides is 2. The number of nitrogens with two attached hydrogens (primary N) is 1. The van der Waals surface area contributed by atoms with E-state index in [1.54, 1.807) is 22.6 Å². The van der Waals surface area contributed by atoms with Crippen LogP contribution in [0.1, 0.15) is 28.0 Å². The fourth-order valence-corrected chi connectivity index (χ4v) is 2.12. The Bertz CT molecular complexity index is 413. The molecule has 0 fully saturated rings. The van der Waals surface area contributed by atoms with Gasteiger partial charge in [0.05, 0.1) is 10.7 Å². The summed E-state index contributed by atoms with van der Waals surface area (Å²) >= 11 is 1.64. The van der Waals surface area contributed by atoms with Gasteiger partial charge in [0.1, 0.15) is 0 Å². The summed E-state index contributed by atoms with van der Waals surface area (Å²) in [6.45, 7) is -0.0515. The number of pyridine rings is 1. The van der Waals surface area contributed by atoms with Crippen molar-refractivity contribution >= 4 is 28.6 Å². The highest BCUT2D eigenvalue weighted by Crippen LogP contribution is 2.29. The molecule has 0 aromatic carbocycles. The molecule has 7 heteroatoms.